The highest BCUT2D eigenvalue weighted by molar-refractivity contribution is 4.96. The zero-order valence-electron chi connectivity index (χ0n) is 8.49. The average molecular weight is 250 g/mol. The van der Waals surface area contributed by atoms with Crippen LogP contribution >= 0.6 is 0 Å². The zero-order valence-corrected chi connectivity index (χ0v) is 8.49. The lowest BCUT2D eigenvalue weighted by atomic mass is 9.96. The van der Waals surface area contributed by atoms with Crippen LogP contribution in [-0.4, -0.2) is 23.1 Å². The van der Waals surface area contributed by atoms with E-state index < -0.39 is 30.8 Å². The quantitative estimate of drug-likeness (QED) is 0.597. The number of aliphatic hydroxyl groups is 1. The van der Waals surface area contributed by atoms with E-state index >= 15 is 0 Å². The minimum Gasteiger partial charge on any atom is -0.374 e. The average Bonchev–Trinajstić information content (AvgIpc) is 2.08. The van der Waals surface area contributed by atoms with Gasteiger partial charge in [0, 0.05) is 0 Å². The summed E-state index contributed by atoms with van der Waals surface area (Å²) in [5.41, 5.74) is -4.63. The maximum atomic E-state index is 12.1. The molecule has 0 radical (unpaired) electrons. The number of hydrogen-bond donors (Lipinski definition) is 1. The Bertz CT molecular complexity index is 225. The molecule has 16 heavy (non-hydrogen) atoms. The molecule has 0 aliphatic heterocycles. The summed E-state index contributed by atoms with van der Waals surface area (Å²) in [4.78, 5) is 0. The predicted octanol–water partition coefficient (Wildman–Crippen LogP) is 3.59. The largest absolute Gasteiger partial charge is 0.426 e. The van der Waals surface area contributed by atoms with Crippen LogP contribution in [0.2, 0.25) is 0 Å². The van der Waals surface area contributed by atoms with Gasteiger partial charge in [0.2, 0.25) is 0 Å². The van der Waals surface area contributed by atoms with Crippen molar-refractivity contribution in [1.82, 2.24) is 0 Å². The number of alkyl halides is 6. The molecular formula is C9H12F6O. The molecule has 0 saturated heterocycles. The lowest BCUT2D eigenvalue weighted by molar-refractivity contribution is -0.369. The Balaban J connectivity index is 4.78. The SMILES string of the molecule is CCC=CCCC(O)(C(F)(F)F)C(F)(F)F. The highest BCUT2D eigenvalue weighted by Crippen LogP contribution is 2.45. The van der Waals surface area contributed by atoms with Crippen LogP contribution in [0.3, 0.4) is 0 Å². The number of rotatable bonds is 4. The van der Waals surface area contributed by atoms with Crippen molar-refractivity contribution < 1.29 is 31.4 Å². The van der Waals surface area contributed by atoms with Crippen LogP contribution < -0.4 is 0 Å². The summed E-state index contributed by atoms with van der Waals surface area (Å²) >= 11 is 0. The molecule has 1 N–H and O–H groups in total. The van der Waals surface area contributed by atoms with Crippen molar-refractivity contribution in [3.63, 3.8) is 0 Å². The second kappa shape index (κ2) is 5.07. The molecule has 0 amide bonds. The summed E-state index contributed by atoms with van der Waals surface area (Å²) in [7, 11) is 0. The third-order valence-electron chi connectivity index (χ3n) is 2.01. The summed E-state index contributed by atoms with van der Waals surface area (Å²) in [5, 5.41) is 8.70. The van der Waals surface area contributed by atoms with E-state index in [-0.39, 0.29) is 0 Å². The van der Waals surface area contributed by atoms with Gasteiger partial charge in [0.25, 0.3) is 5.60 Å². The lowest BCUT2D eigenvalue weighted by Gasteiger charge is -2.31. The van der Waals surface area contributed by atoms with E-state index in [0.29, 0.717) is 6.42 Å². The first-order valence-corrected chi connectivity index (χ1v) is 4.57. The molecule has 0 fully saturated rings. The van der Waals surface area contributed by atoms with E-state index in [2.05, 4.69) is 0 Å². The Kier molecular flexibility index (Phi) is 4.85. The van der Waals surface area contributed by atoms with E-state index in [4.69, 9.17) is 5.11 Å². The minimum atomic E-state index is -5.72. The van der Waals surface area contributed by atoms with Crippen molar-refractivity contribution in [1.29, 1.82) is 0 Å². The second-order valence-electron chi connectivity index (χ2n) is 3.27. The molecule has 0 aliphatic carbocycles. The molecule has 0 spiro atoms. The fourth-order valence-electron chi connectivity index (χ4n) is 1.02. The maximum absolute atomic E-state index is 12.1. The summed E-state index contributed by atoms with van der Waals surface area (Å²) in [6.07, 6.45) is -10.2. The highest BCUT2D eigenvalue weighted by atomic mass is 19.4. The maximum Gasteiger partial charge on any atom is 0.426 e. The molecule has 0 aliphatic rings. The van der Waals surface area contributed by atoms with Crippen LogP contribution in [0, 0.1) is 0 Å². The number of halogens is 6. The van der Waals surface area contributed by atoms with Crippen molar-refractivity contribution in [3.05, 3.63) is 12.2 Å². The fourth-order valence-corrected chi connectivity index (χ4v) is 1.02. The first kappa shape index (κ1) is 15.3. The van der Waals surface area contributed by atoms with Gasteiger partial charge in [-0.15, -0.1) is 0 Å². The van der Waals surface area contributed by atoms with Gasteiger partial charge >= 0.3 is 12.4 Å². The Morgan fingerprint density at radius 2 is 1.38 bits per heavy atom. The van der Waals surface area contributed by atoms with Crippen molar-refractivity contribution in [3.8, 4) is 0 Å². The molecule has 7 heteroatoms. The number of allylic oxidation sites excluding steroid dienone is 2. The standard InChI is InChI=1S/C9H12F6O/c1-2-3-4-5-6-7(16,8(10,11)12)9(13,14)15/h3-4,16H,2,5-6H2,1H3. The van der Waals surface area contributed by atoms with Crippen LogP contribution in [0.25, 0.3) is 0 Å². The molecular weight excluding hydrogens is 238 g/mol. The van der Waals surface area contributed by atoms with E-state index in [9.17, 15) is 26.3 Å². The highest BCUT2D eigenvalue weighted by Gasteiger charge is 2.69. The molecule has 0 rings (SSSR count). The van der Waals surface area contributed by atoms with Gasteiger partial charge in [-0.2, -0.15) is 26.3 Å². The van der Waals surface area contributed by atoms with Crippen LogP contribution in [0.4, 0.5) is 26.3 Å². The molecule has 96 valence electrons. The molecule has 0 bridgehead atoms. The monoisotopic (exact) mass is 250 g/mol. The Hall–Kier alpha value is -0.720. The molecule has 0 unspecified atom stereocenters. The summed E-state index contributed by atoms with van der Waals surface area (Å²) in [6, 6.07) is 0. The van der Waals surface area contributed by atoms with Gasteiger partial charge in [0.15, 0.2) is 0 Å². The van der Waals surface area contributed by atoms with Gasteiger partial charge in [-0.1, -0.05) is 19.1 Å². The van der Waals surface area contributed by atoms with E-state index in [1.54, 1.807) is 6.92 Å². The van der Waals surface area contributed by atoms with Gasteiger partial charge < -0.3 is 5.11 Å². The Labute approximate surface area is 88.8 Å². The predicted molar refractivity (Wildman–Crippen MR) is 45.7 cm³/mol. The van der Waals surface area contributed by atoms with Crippen molar-refractivity contribution in [2.75, 3.05) is 0 Å². The minimum absolute atomic E-state index is 0.483. The molecule has 0 heterocycles. The van der Waals surface area contributed by atoms with Crippen molar-refractivity contribution >= 4 is 0 Å². The van der Waals surface area contributed by atoms with Gasteiger partial charge in [0.05, 0.1) is 0 Å². The summed E-state index contributed by atoms with van der Waals surface area (Å²) in [6.45, 7) is 1.69. The number of hydrogen-bond acceptors (Lipinski definition) is 1. The van der Waals surface area contributed by atoms with E-state index in [1.807, 2.05) is 0 Å². The smallest absolute Gasteiger partial charge is 0.374 e. The summed E-state index contributed by atoms with van der Waals surface area (Å²) < 4.78 is 72.7. The topological polar surface area (TPSA) is 20.2 Å². The van der Waals surface area contributed by atoms with Gasteiger partial charge in [-0.3, -0.25) is 0 Å². The fraction of sp³-hybridized carbons (Fsp3) is 0.778. The van der Waals surface area contributed by atoms with Crippen LogP contribution in [0.15, 0.2) is 12.2 Å². The Morgan fingerprint density at radius 1 is 0.938 bits per heavy atom. The van der Waals surface area contributed by atoms with E-state index in [0.717, 1.165) is 0 Å². The van der Waals surface area contributed by atoms with Crippen molar-refractivity contribution in [2.45, 2.75) is 44.1 Å². The van der Waals surface area contributed by atoms with Gasteiger partial charge in [-0.05, 0) is 19.3 Å². The third kappa shape index (κ3) is 3.40. The summed E-state index contributed by atoms with van der Waals surface area (Å²) in [5.74, 6) is 0. The first-order valence-electron chi connectivity index (χ1n) is 4.57. The molecule has 0 atom stereocenters. The van der Waals surface area contributed by atoms with Crippen LogP contribution in [0.1, 0.15) is 26.2 Å². The molecule has 1 nitrogen and oxygen atoms in total. The van der Waals surface area contributed by atoms with Crippen LogP contribution in [0.5, 0.6) is 0 Å². The molecule has 0 aromatic heterocycles. The van der Waals surface area contributed by atoms with Gasteiger partial charge in [0.1, 0.15) is 0 Å². The zero-order chi connectivity index (χ0) is 13.0. The molecule has 0 aromatic rings. The molecule has 0 saturated carbocycles. The molecule has 0 aromatic carbocycles. The van der Waals surface area contributed by atoms with Crippen LogP contribution in [-0.2, 0) is 0 Å². The normalized spacial score (nSPS) is 14.8. The van der Waals surface area contributed by atoms with Gasteiger partial charge in [-0.25, -0.2) is 0 Å². The third-order valence-corrected chi connectivity index (χ3v) is 2.01. The first-order chi connectivity index (χ1) is 7.06. The lowest BCUT2D eigenvalue weighted by Crippen LogP contribution is -2.56. The van der Waals surface area contributed by atoms with E-state index in [1.165, 1.54) is 12.2 Å². The van der Waals surface area contributed by atoms with Crippen molar-refractivity contribution in [2.24, 2.45) is 0 Å². The second-order valence-corrected chi connectivity index (χ2v) is 3.27. The Morgan fingerprint density at radius 3 is 1.69 bits per heavy atom.